The van der Waals surface area contributed by atoms with Gasteiger partial charge >= 0.3 is 5.76 Å². The third-order valence-electron chi connectivity index (χ3n) is 3.27. The van der Waals surface area contributed by atoms with Gasteiger partial charge in [0.1, 0.15) is 0 Å². The van der Waals surface area contributed by atoms with Crippen LogP contribution < -0.4 is 11.5 Å². The number of benzene rings is 1. The van der Waals surface area contributed by atoms with E-state index in [1.54, 1.807) is 11.7 Å². The van der Waals surface area contributed by atoms with Gasteiger partial charge < -0.3 is 10.2 Å². The van der Waals surface area contributed by atoms with Crippen LogP contribution in [0.5, 0.6) is 0 Å². The molecule has 0 aliphatic rings. The van der Waals surface area contributed by atoms with E-state index in [4.69, 9.17) is 10.2 Å². The van der Waals surface area contributed by atoms with Crippen molar-refractivity contribution in [3.05, 3.63) is 40.5 Å². The first-order valence-electron chi connectivity index (χ1n) is 5.93. The summed E-state index contributed by atoms with van der Waals surface area (Å²) in [6.45, 7) is 0.437. The maximum Gasteiger partial charge on any atom is 0.419 e. The van der Waals surface area contributed by atoms with E-state index in [-0.39, 0.29) is 5.76 Å². The van der Waals surface area contributed by atoms with E-state index in [0.717, 1.165) is 22.5 Å². The Hall–Kier alpha value is -2.34. The second kappa shape index (κ2) is 4.10. The van der Waals surface area contributed by atoms with Crippen LogP contribution in [0.25, 0.3) is 22.4 Å². The van der Waals surface area contributed by atoms with E-state index >= 15 is 0 Å². The molecule has 0 saturated carbocycles. The minimum Gasteiger partial charge on any atom is -0.408 e. The van der Waals surface area contributed by atoms with Gasteiger partial charge in [0, 0.05) is 26.2 Å². The quantitative estimate of drug-likeness (QED) is 0.743. The summed E-state index contributed by atoms with van der Waals surface area (Å²) in [6, 6.07) is 7.52. The van der Waals surface area contributed by atoms with Gasteiger partial charge in [0.2, 0.25) is 0 Å². The van der Waals surface area contributed by atoms with Gasteiger partial charge in [-0.25, -0.2) is 4.79 Å². The summed E-state index contributed by atoms with van der Waals surface area (Å²) >= 11 is 0. The molecule has 0 amide bonds. The molecule has 0 radical (unpaired) electrons. The van der Waals surface area contributed by atoms with Crippen molar-refractivity contribution >= 4 is 11.1 Å². The lowest BCUT2D eigenvalue weighted by Gasteiger charge is -1.96. The Kier molecular flexibility index (Phi) is 2.53. The molecule has 0 fully saturated rings. The highest BCUT2D eigenvalue weighted by atomic mass is 16.4. The zero-order chi connectivity index (χ0) is 13.6. The minimum atomic E-state index is -0.365. The molecule has 2 heterocycles. The van der Waals surface area contributed by atoms with Crippen molar-refractivity contribution in [3.8, 4) is 11.3 Å². The first-order valence-corrected chi connectivity index (χ1v) is 5.93. The first-order chi connectivity index (χ1) is 9.10. The number of rotatable bonds is 2. The van der Waals surface area contributed by atoms with E-state index in [1.165, 1.54) is 4.57 Å². The van der Waals surface area contributed by atoms with Crippen LogP contribution in [-0.4, -0.2) is 14.3 Å². The lowest BCUT2D eigenvalue weighted by Crippen LogP contribution is -2.08. The van der Waals surface area contributed by atoms with Gasteiger partial charge in [-0.3, -0.25) is 9.25 Å². The molecule has 1 aromatic carbocycles. The Morgan fingerprint density at radius 1 is 1.32 bits per heavy atom. The SMILES string of the molecule is Cn1nc(-c2ccc3c(c2)oc(=O)n3C)cc1CN. The summed E-state index contributed by atoms with van der Waals surface area (Å²) in [4.78, 5) is 11.5. The van der Waals surface area contributed by atoms with Crippen molar-refractivity contribution in [1.82, 2.24) is 14.3 Å². The summed E-state index contributed by atoms with van der Waals surface area (Å²) in [6.07, 6.45) is 0. The largest absolute Gasteiger partial charge is 0.419 e. The Balaban J connectivity index is 2.17. The van der Waals surface area contributed by atoms with Crippen molar-refractivity contribution in [3.63, 3.8) is 0 Å². The molecule has 98 valence electrons. The fourth-order valence-electron chi connectivity index (χ4n) is 2.13. The summed E-state index contributed by atoms with van der Waals surface area (Å²) in [5.74, 6) is -0.365. The molecule has 0 aliphatic carbocycles. The molecule has 0 aliphatic heterocycles. The number of aromatic nitrogens is 3. The molecule has 0 atom stereocenters. The zero-order valence-corrected chi connectivity index (χ0v) is 10.8. The van der Waals surface area contributed by atoms with Crippen LogP contribution in [0.3, 0.4) is 0 Å². The summed E-state index contributed by atoms with van der Waals surface area (Å²) in [5, 5.41) is 4.40. The number of aryl methyl sites for hydroxylation is 2. The third kappa shape index (κ3) is 1.77. The van der Waals surface area contributed by atoms with Gasteiger partial charge in [0.15, 0.2) is 5.58 Å². The highest BCUT2D eigenvalue weighted by Gasteiger charge is 2.10. The molecular weight excluding hydrogens is 244 g/mol. The summed E-state index contributed by atoms with van der Waals surface area (Å²) in [5.41, 5.74) is 9.62. The standard InChI is InChI=1S/C13H14N4O2/c1-16-11-4-3-8(5-12(11)19-13(16)18)10-6-9(7-14)17(2)15-10/h3-6H,7,14H2,1-2H3. The van der Waals surface area contributed by atoms with Crippen LogP contribution in [0.4, 0.5) is 0 Å². The second-order valence-corrected chi connectivity index (χ2v) is 4.46. The Labute approximate surface area is 109 Å². The van der Waals surface area contributed by atoms with E-state index < -0.39 is 0 Å². The van der Waals surface area contributed by atoms with Gasteiger partial charge in [0.05, 0.1) is 16.9 Å². The fourth-order valence-corrected chi connectivity index (χ4v) is 2.13. The van der Waals surface area contributed by atoms with Gasteiger partial charge in [-0.1, -0.05) is 6.07 Å². The van der Waals surface area contributed by atoms with Gasteiger partial charge in [-0.15, -0.1) is 0 Å². The Bertz CT molecular complexity index is 810. The zero-order valence-electron chi connectivity index (χ0n) is 10.8. The molecule has 2 N–H and O–H groups in total. The molecule has 2 aromatic heterocycles. The van der Waals surface area contributed by atoms with Crippen LogP contribution in [-0.2, 0) is 20.6 Å². The molecule has 3 aromatic rings. The normalized spacial score (nSPS) is 11.3. The molecule has 3 rings (SSSR count). The highest BCUT2D eigenvalue weighted by Crippen LogP contribution is 2.23. The Morgan fingerprint density at radius 3 is 2.79 bits per heavy atom. The topological polar surface area (TPSA) is 79.0 Å². The first kappa shape index (κ1) is 11.7. The molecule has 6 heteroatoms. The van der Waals surface area contributed by atoms with Crippen LogP contribution >= 0.6 is 0 Å². The minimum absolute atomic E-state index is 0.365. The number of fused-ring (bicyclic) bond motifs is 1. The molecule has 0 unspecified atom stereocenters. The van der Waals surface area contributed by atoms with Gasteiger partial charge in [-0.2, -0.15) is 5.10 Å². The van der Waals surface area contributed by atoms with Crippen LogP contribution in [0, 0.1) is 0 Å². The van der Waals surface area contributed by atoms with Crippen molar-refractivity contribution in [2.45, 2.75) is 6.54 Å². The maximum absolute atomic E-state index is 11.5. The smallest absolute Gasteiger partial charge is 0.408 e. The van der Waals surface area contributed by atoms with E-state index in [0.29, 0.717) is 12.1 Å². The van der Waals surface area contributed by atoms with Gasteiger partial charge in [0.25, 0.3) is 0 Å². The number of nitrogens with zero attached hydrogens (tertiary/aromatic N) is 3. The average Bonchev–Trinajstić information content (AvgIpc) is 2.91. The predicted octanol–water partition coefficient (Wildman–Crippen LogP) is 0.991. The van der Waals surface area contributed by atoms with Crippen LogP contribution in [0.15, 0.2) is 33.5 Å². The number of hydrogen-bond donors (Lipinski definition) is 1. The van der Waals surface area contributed by atoms with Crippen LogP contribution in [0.2, 0.25) is 0 Å². The van der Waals surface area contributed by atoms with E-state index in [1.807, 2.05) is 31.3 Å². The molecule has 19 heavy (non-hydrogen) atoms. The fraction of sp³-hybridized carbons (Fsp3) is 0.231. The van der Waals surface area contributed by atoms with Crippen molar-refractivity contribution in [2.24, 2.45) is 19.8 Å². The molecule has 6 nitrogen and oxygen atoms in total. The molecule has 0 spiro atoms. The molecule has 0 saturated heterocycles. The number of hydrogen-bond acceptors (Lipinski definition) is 4. The van der Waals surface area contributed by atoms with Gasteiger partial charge in [-0.05, 0) is 18.2 Å². The summed E-state index contributed by atoms with van der Waals surface area (Å²) in [7, 11) is 3.54. The number of nitrogens with two attached hydrogens (primary N) is 1. The highest BCUT2D eigenvalue weighted by molar-refractivity contribution is 5.79. The number of oxazole rings is 1. The Morgan fingerprint density at radius 2 is 2.11 bits per heavy atom. The van der Waals surface area contributed by atoms with Crippen LogP contribution in [0.1, 0.15) is 5.69 Å². The van der Waals surface area contributed by atoms with Crippen molar-refractivity contribution < 1.29 is 4.42 Å². The lowest BCUT2D eigenvalue weighted by molar-refractivity contribution is 0.528. The maximum atomic E-state index is 11.5. The summed E-state index contributed by atoms with van der Waals surface area (Å²) < 4.78 is 8.40. The monoisotopic (exact) mass is 258 g/mol. The van der Waals surface area contributed by atoms with E-state index in [9.17, 15) is 4.79 Å². The predicted molar refractivity (Wildman–Crippen MR) is 71.5 cm³/mol. The average molecular weight is 258 g/mol. The van der Waals surface area contributed by atoms with Crippen molar-refractivity contribution in [2.75, 3.05) is 0 Å². The second-order valence-electron chi connectivity index (χ2n) is 4.46. The van der Waals surface area contributed by atoms with Crippen molar-refractivity contribution in [1.29, 1.82) is 0 Å². The molecular formula is C13H14N4O2. The van der Waals surface area contributed by atoms with E-state index in [2.05, 4.69) is 5.10 Å². The third-order valence-corrected chi connectivity index (χ3v) is 3.27. The lowest BCUT2D eigenvalue weighted by atomic mass is 10.1. The molecule has 0 bridgehead atoms.